The Morgan fingerprint density at radius 2 is 2.21 bits per heavy atom. The fraction of sp³-hybridized carbons (Fsp3) is 0.100. The van der Waals surface area contributed by atoms with Gasteiger partial charge in [-0.05, 0) is 6.07 Å². The van der Waals surface area contributed by atoms with Crippen LogP contribution in [-0.2, 0) is 0 Å². The van der Waals surface area contributed by atoms with Crippen LogP contribution in [0.3, 0.4) is 0 Å². The van der Waals surface area contributed by atoms with Crippen LogP contribution in [0.25, 0.3) is 6.08 Å². The number of hydroxylamine groups is 2. The van der Waals surface area contributed by atoms with E-state index in [1.165, 1.54) is 0 Å². The van der Waals surface area contributed by atoms with Gasteiger partial charge in [-0.3, -0.25) is 0 Å². The Balaban J connectivity index is 2.34. The maximum Gasteiger partial charge on any atom is 0.348 e. The zero-order chi connectivity index (χ0) is 9.97. The second kappa shape index (κ2) is 3.41. The summed E-state index contributed by atoms with van der Waals surface area (Å²) in [6.07, 6.45) is 3.73. The minimum absolute atomic E-state index is 0.365. The summed E-state index contributed by atoms with van der Waals surface area (Å²) in [7, 11) is 0. The van der Waals surface area contributed by atoms with Gasteiger partial charge in [0.2, 0.25) is 0 Å². The van der Waals surface area contributed by atoms with Crippen molar-refractivity contribution in [1.82, 2.24) is 5.06 Å². The average Bonchev–Trinajstić information content (AvgIpc) is 2.39. The van der Waals surface area contributed by atoms with E-state index >= 15 is 0 Å². The summed E-state index contributed by atoms with van der Waals surface area (Å²) in [6, 6.07) is 6.87. The molecule has 1 aromatic rings. The van der Waals surface area contributed by atoms with Crippen molar-refractivity contribution in [2.75, 3.05) is 6.54 Å². The van der Waals surface area contributed by atoms with E-state index in [1.807, 2.05) is 30.4 Å². The lowest BCUT2D eigenvalue weighted by Gasteiger charge is -2.17. The number of carbonyl (C=O) groups is 1. The maximum absolute atomic E-state index is 10.9. The molecule has 1 aliphatic rings. The first-order valence-electron chi connectivity index (χ1n) is 4.28. The van der Waals surface area contributed by atoms with Crippen LogP contribution in [0.4, 0.5) is 4.79 Å². The number of rotatable bonds is 0. The number of carbonyl (C=O) groups excluding carboxylic acids is 1. The lowest BCUT2D eigenvalue weighted by Crippen LogP contribution is -2.38. The quantitative estimate of drug-likeness (QED) is 0.672. The number of amides is 2. The SMILES string of the molecule is NC(=O)N1CC=Cc2ccccc2O1. The molecule has 4 nitrogen and oxygen atoms in total. The van der Waals surface area contributed by atoms with Crippen LogP contribution in [0.5, 0.6) is 5.75 Å². The zero-order valence-corrected chi connectivity index (χ0v) is 7.51. The van der Waals surface area contributed by atoms with Crippen LogP contribution >= 0.6 is 0 Å². The average molecular weight is 190 g/mol. The highest BCUT2D eigenvalue weighted by atomic mass is 16.7. The number of fused-ring (bicyclic) bond motifs is 1. The molecule has 1 heterocycles. The van der Waals surface area contributed by atoms with Gasteiger partial charge in [-0.1, -0.05) is 30.4 Å². The number of nitrogens with zero attached hydrogens (tertiary/aromatic N) is 1. The maximum atomic E-state index is 10.9. The van der Waals surface area contributed by atoms with Crippen molar-refractivity contribution in [3.05, 3.63) is 35.9 Å². The first-order chi connectivity index (χ1) is 6.77. The molecular weight excluding hydrogens is 180 g/mol. The summed E-state index contributed by atoms with van der Waals surface area (Å²) >= 11 is 0. The molecule has 0 radical (unpaired) electrons. The molecule has 2 rings (SSSR count). The number of hydrogen-bond donors (Lipinski definition) is 1. The van der Waals surface area contributed by atoms with Gasteiger partial charge in [0.1, 0.15) is 0 Å². The third-order valence-electron chi connectivity index (χ3n) is 1.94. The Morgan fingerprint density at radius 3 is 3.00 bits per heavy atom. The third-order valence-corrected chi connectivity index (χ3v) is 1.94. The van der Waals surface area contributed by atoms with Crippen LogP contribution in [0.2, 0.25) is 0 Å². The molecule has 0 atom stereocenters. The van der Waals surface area contributed by atoms with E-state index in [0.29, 0.717) is 12.3 Å². The fourth-order valence-electron chi connectivity index (χ4n) is 1.27. The molecular formula is C10H10N2O2. The van der Waals surface area contributed by atoms with Gasteiger partial charge < -0.3 is 10.6 Å². The molecule has 0 spiro atoms. The number of hydrogen-bond acceptors (Lipinski definition) is 2. The predicted octanol–water partition coefficient (Wildman–Crippen LogP) is 1.39. The molecule has 1 aliphatic heterocycles. The molecule has 1 aromatic carbocycles. The second-order valence-electron chi connectivity index (χ2n) is 2.93. The zero-order valence-electron chi connectivity index (χ0n) is 7.51. The monoisotopic (exact) mass is 190 g/mol. The molecule has 0 bridgehead atoms. The van der Waals surface area contributed by atoms with E-state index in [0.717, 1.165) is 10.6 Å². The summed E-state index contributed by atoms with van der Waals surface area (Å²) < 4.78 is 0. The number of para-hydroxylation sites is 1. The number of primary amides is 1. The van der Waals surface area contributed by atoms with Gasteiger partial charge in [0, 0.05) is 5.56 Å². The van der Waals surface area contributed by atoms with E-state index in [1.54, 1.807) is 6.07 Å². The van der Waals surface area contributed by atoms with Gasteiger partial charge in [-0.15, -0.1) is 0 Å². The Labute approximate surface area is 81.5 Å². The molecule has 4 heteroatoms. The van der Waals surface area contributed by atoms with Crippen molar-refractivity contribution in [1.29, 1.82) is 0 Å². The highest BCUT2D eigenvalue weighted by Gasteiger charge is 2.14. The number of nitrogens with two attached hydrogens (primary N) is 1. The minimum atomic E-state index is -0.591. The molecule has 2 N–H and O–H groups in total. The normalized spacial score (nSPS) is 14.1. The lowest BCUT2D eigenvalue weighted by atomic mass is 10.2. The summed E-state index contributed by atoms with van der Waals surface area (Å²) in [5, 5.41) is 1.11. The summed E-state index contributed by atoms with van der Waals surface area (Å²) in [4.78, 5) is 16.2. The Hall–Kier alpha value is -1.97. The summed E-state index contributed by atoms with van der Waals surface area (Å²) in [5.41, 5.74) is 6.06. The lowest BCUT2D eigenvalue weighted by molar-refractivity contribution is 0.00292. The Kier molecular flexibility index (Phi) is 2.10. The molecule has 72 valence electrons. The van der Waals surface area contributed by atoms with Gasteiger partial charge in [-0.2, -0.15) is 5.06 Å². The second-order valence-corrected chi connectivity index (χ2v) is 2.93. The minimum Gasteiger partial charge on any atom is -0.374 e. The molecule has 14 heavy (non-hydrogen) atoms. The molecule has 0 saturated carbocycles. The van der Waals surface area contributed by atoms with Crippen molar-refractivity contribution >= 4 is 12.1 Å². The van der Waals surface area contributed by atoms with Crippen LogP contribution in [0.15, 0.2) is 30.3 Å². The van der Waals surface area contributed by atoms with Crippen molar-refractivity contribution in [2.45, 2.75) is 0 Å². The molecule has 0 unspecified atom stereocenters. The Bertz CT molecular complexity index is 387. The standard InChI is InChI=1S/C10H10N2O2/c11-10(13)12-7-3-5-8-4-1-2-6-9(8)14-12/h1-6H,7H2,(H2,11,13). The van der Waals surface area contributed by atoms with Crippen LogP contribution in [-0.4, -0.2) is 17.6 Å². The van der Waals surface area contributed by atoms with Crippen LogP contribution in [0, 0.1) is 0 Å². The predicted molar refractivity (Wildman–Crippen MR) is 52.4 cm³/mol. The van der Waals surface area contributed by atoms with Crippen molar-refractivity contribution in [2.24, 2.45) is 5.73 Å². The number of urea groups is 1. The van der Waals surface area contributed by atoms with Crippen LogP contribution < -0.4 is 10.6 Å². The van der Waals surface area contributed by atoms with E-state index in [2.05, 4.69) is 0 Å². The summed E-state index contributed by atoms with van der Waals surface area (Å²) in [6.45, 7) is 0.365. The van der Waals surface area contributed by atoms with Crippen molar-refractivity contribution < 1.29 is 9.63 Å². The van der Waals surface area contributed by atoms with E-state index < -0.39 is 6.03 Å². The van der Waals surface area contributed by atoms with E-state index in [9.17, 15) is 4.79 Å². The van der Waals surface area contributed by atoms with Gasteiger partial charge in [0.15, 0.2) is 5.75 Å². The van der Waals surface area contributed by atoms with Gasteiger partial charge in [0.25, 0.3) is 0 Å². The molecule has 0 fully saturated rings. The first kappa shape index (κ1) is 8.62. The molecule has 2 amide bonds. The highest BCUT2D eigenvalue weighted by molar-refractivity contribution is 5.72. The van der Waals surface area contributed by atoms with E-state index in [4.69, 9.17) is 10.6 Å². The topological polar surface area (TPSA) is 55.6 Å². The smallest absolute Gasteiger partial charge is 0.348 e. The van der Waals surface area contributed by atoms with Crippen LogP contribution in [0.1, 0.15) is 5.56 Å². The highest BCUT2D eigenvalue weighted by Crippen LogP contribution is 2.22. The third kappa shape index (κ3) is 1.54. The van der Waals surface area contributed by atoms with Gasteiger partial charge in [0.05, 0.1) is 6.54 Å². The van der Waals surface area contributed by atoms with Gasteiger partial charge >= 0.3 is 6.03 Å². The van der Waals surface area contributed by atoms with E-state index in [-0.39, 0.29) is 0 Å². The summed E-state index contributed by atoms with van der Waals surface area (Å²) in [5.74, 6) is 0.639. The van der Waals surface area contributed by atoms with Gasteiger partial charge in [-0.25, -0.2) is 4.79 Å². The first-order valence-corrected chi connectivity index (χ1v) is 4.28. The largest absolute Gasteiger partial charge is 0.374 e. The fourth-order valence-corrected chi connectivity index (χ4v) is 1.27. The van der Waals surface area contributed by atoms with Crippen molar-refractivity contribution in [3.8, 4) is 5.75 Å². The number of benzene rings is 1. The molecule has 0 aliphatic carbocycles. The molecule has 0 saturated heterocycles. The van der Waals surface area contributed by atoms with Crippen molar-refractivity contribution in [3.63, 3.8) is 0 Å². The Morgan fingerprint density at radius 1 is 1.43 bits per heavy atom. The molecule has 0 aromatic heterocycles.